The van der Waals surface area contributed by atoms with E-state index >= 15 is 0 Å². The van der Waals surface area contributed by atoms with E-state index in [-0.39, 0.29) is 23.0 Å². The van der Waals surface area contributed by atoms with E-state index in [9.17, 15) is 19.1 Å². The van der Waals surface area contributed by atoms with Gasteiger partial charge in [0.2, 0.25) is 5.91 Å². The van der Waals surface area contributed by atoms with Crippen LogP contribution in [0.2, 0.25) is 0 Å². The van der Waals surface area contributed by atoms with E-state index in [1.807, 2.05) is 0 Å². The number of carbonyl (C=O) groups is 2. The fraction of sp³-hybridized carbons (Fsp3) is 0.0588. The standard InChI is InChI=1S/C17H14FNO3/c1-11(20)19-14-7-8-15(17(22)10-14)16(21)9-4-12-2-5-13(18)6-3-12/h2-10,22H,1H3,(H,19,20)/b9-4+. The van der Waals surface area contributed by atoms with Crippen molar-refractivity contribution in [3.05, 3.63) is 65.5 Å². The maximum absolute atomic E-state index is 12.8. The number of benzene rings is 2. The van der Waals surface area contributed by atoms with Crippen LogP contribution in [0.15, 0.2) is 48.5 Å². The van der Waals surface area contributed by atoms with Crippen LogP contribution in [-0.2, 0) is 4.79 Å². The first-order valence-corrected chi connectivity index (χ1v) is 6.54. The average molecular weight is 299 g/mol. The lowest BCUT2D eigenvalue weighted by Gasteiger charge is -2.05. The lowest BCUT2D eigenvalue weighted by atomic mass is 10.1. The maximum atomic E-state index is 12.8. The summed E-state index contributed by atoms with van der Waals surface area (Å²) in [5.41, 5.74) is 1.20. The summed E-state index contributed by atoms with van der Waals surface area (Å²) in [6, 6.07) is 9.93. The summed E-state index contributed by atoms with van der Waals surface area (Å²) < 4.78 is 12.8. The maximum Gasteiger partial charge on any atom is 0.221 e. The molecule has 5 heteroatoms. The van der Waals surface area contributed by atoms with Gasteiger partial charge in [-0.05, 0) is 35.9 Å². The molecule has 1 amide bonds. The van der Waals surface area contributed by atoms with E-state index in [0.717, 1.165) is 0 Å². The summed E-state index contributed by atoms with van der Waals surface area (Å²) in [6.45, 7) is 1.35. The predicted octanol–water partition coefficient (Wildman–Crippen LogP) is 3.39. The molecule has 0 aliphatic heterocycles. The average Bonchev–Trinajstić information content (AvgIpc) is 2.46. The van der Waals surface area contributed by atoms with Crippen LogP contribution in [0.25, 0.3) is 6.08 Å². The molecule has 0 aliphatic rings. The van der Waals surface area contributed by atoms with Gasteiger partial charge in [-0.15, -0.1) is 0 Å². The van der Waals surface area contributed by atoms with E-state index in [0.29, 0.717) is 11.3 Å². The number of amides is 1. The number of carbonyl (C=O) groups excluding carboxylic acids is 2. The summed E-state index contributed by atoms with van der Waals surface area (Å²) in [7, 11) is 0. The molecule has 2 N–H and O–H groups in total. The molecular weight excluding hydrogens is 285 g/mol. The Kier molecular flexibility index (Phi) is 4.68. The fourth-order valence-electron chi connectivity index (χ4n) is 1.86. The van der Waals surface area contributed by atoms with E-state index in [1.165, 1.54) is 49.4 Å². The quantitative estimate of drug-likeness (QED) is 0.672. The number of phenolic OH excluding ortho intramolecular Hbond substituents is 1. The van der Waals surface area contributed by atoms with E-state index in [1.54, 1.807) is 12.1 Å². The topological polar surface area (TPSA) is 66.4 Å². The third-order valence-electron chi connectivity index (χ3n) is 2.88. The van der Waals surface area contributed by atoms with E-state index in [4.69, 9.17) is 0 Å². The van der Waals surface area contributed by atoms with Crippen LogP contribution in [-0.4, -0.2) is 16.8 Å². The monoisotopic (exact) mass is 299 g/mol. The van der Waals surface area contributed by atoms with Crippen molar-refractivity contribution >= 4 is 23.5 Å². The van der Waals surface area contributed by atoms with Gasteiger partial charge in [0.1, 0.15) is 11.6 Å². The molecule has 0 spiro atoms. The van der Waals surface area contributed by atoms with Crippen LogP contribution in [0.5, 0.6) is 5.75 Å². The molecule has 0 saturated heterocycles. The van der Waals surface area contributed by atoms with Gasteiger partial charge < -0.3 is 10.4 Å². The highest BCUT2D eigenvalue weighted by Crippen LogP contribution is 2.23. The third kappa shape index (κ3) is 4.02. The highest BCUT2D eigenvalue weighted by atomic mass is 19.1. The normalized spacial score (nSPS) is 10.6. The highest BCUT2D eigenvalue weighted by molar-refractivity contribution is 6.09. The van der Waals surface area contributed by atoms with Gasteiger partial charge in [-0.1, -0.05) is 18.2 Å². The number of ketones is 1. The van der Waals surface area contributed by atoms with Gasteiger partial charge in [-0.3, -0.25) is 9.59 Å². The van der Waals surface area contributed by atoms with Gasteiger partial charge in [0.05, 0.1) is 5.56 Å². The van der Waals surface area contributed by atoms with Crippen molar-refractivity contribution in [1.29, 1.82) is 0 Å². The van der Waals surface area contributed by atoms with Gasteiger partial charge in [0.15, 0.2) is 5.78 Å². The number of allylic oxidation sites excluding steroid dienone is 1. The summed E-state index contributed by atoms with van der Waals surface area (Å²) >= 11 is 0. The Bertz CT molecular complexity index is 736. The zero-order valence-electron chi connectivity index (χ0n) is 11.8. The van der Waals surface area contributed by atoms with Crippen LogP contribution in [0.1, 0.15) is 22.8 Å². The van der Waals surface area contributed by atoms with Gasteiger partial charge in [0, 0.05) is 18.7 Å². The third-order valence-corrected chi connectivity index (χ3v) is 2.88. The Hall–Kier alpha value is -2.95. The molecule has 0 aromatic heterocycles. The van der Waals surface area contributed by atoms with Crippen LogP contribution >= 0.6 is 0 Å². The second-order valence-electron chi connectivity index (χ2n) is 4.66. The first kappa shape index (κ1) is 15.4. The molecular formula is C17H14FNO3. The molecule has 2 aromatic carbocycles. The molecule has 2 aromatic rings. The predicted molar refractivity (Wildman–Crippen MR) is 82.2 cm³/mol. The summed E-state index contributed by atoms with van der Waals surface area (Å²) in [5.74, 6) is -1.24. The number of aromatic hydroxyl groups is 1. The molecule has 22 heavy (non-hydrogen) atoms. The number of anilines is 1. The Labute approximate surface area is 126 Å². The van der Waals surface area contributed by atoms with Gasteiger partial charge in [0.25, 0.3) is 0 Å². The largest absolute Gasteiger partial charge is 0.507 e. The highest BCUT2D eigenvalue weighted by Gasteiger charge is 2.09. The van der Waals surface area contributed by atoms with Gasteiger partial charge >= 0.3 is 0 Å². The molecule has 2 rings (SSSR count). The van der Waals surface area contributed by atoms with Crippen LogP contribution in [0.4, 0.5) is 10.1 Å². The van der Waals surface area contributed by atoms with Crippen molar-refractivity contribution in [2.75, 3.05) is 5.32 Å². The number of phenols is 1. The molecule has 0 unspecified atom stereocenters. The van der Waals surface area contributed by atoms with Crippen molar-refractivity contribution in [1.82, 2.24) is 0 Å². The zero-order chi connectivity index (χ0) is 16.1. The molecule has 0 radical (unpaired) electrons. The SMILES string of the molecule is CC(=O)Nc1ccc(C(=O)/C=C/c2ccc(F)cc2)c(O)c1. The van der Waals surface area contributed by atoms with Gasteiger partial charge in [-0.2, -0.15) is 0 Å². The Balaban J connectivity index is 2.15. The number of rotatable bonds is 4. The lowest BCUT2D eigenvalue weighted by molar-refractivity contribution is -0.114. The first-order chi connectivity index (χ1) is 10.5. The molecule has 0 aliphatic carbocycles. The van der Waals surface area contributed by atoms with Gasteiger partial charge in [-0.25, -0.2) is 4.39 Å². The van der Waals surface area contributed by atoms with Crippen molar-refractivity contribution in [3.63, 3.8) is 0 Å². The van der Waals surface area contributed by atoms with Crippen LogP contribution in [0.3, 0.4) is 0 Å². The minimum absolute atomic E-state index is 0.118. The summed E-state index contributed by atoms with van der Waals surface area (Å²) in [5, 5.41) is 12.4. The van der Waals surface area contributed by atoms with Crippen LogP contribution < -0.4 is 5.32 Å². The Morgan fingerprint density at radius 2 is 1.82 bits per heavy atom. The molecule has 112 valence electrons. The Morgan fingerprint density at radius 1 is 1.14 bits per heavy atom. The number of hydrogen-bond acceptors (Lipinski definition) is 3. The molecule has 0 fully saturated rings. The zero-order valence-corrected chi connectivity index (χ0v) is 11.8. The molecule has 0 saturated carbocycles. The lowest BCUT2D eigenvalue weighted by Crippen LogP contribution is -2.06. The fourth-order valence-corrected chi connectivity index (χ4v) is 1.86. The minimum Gasteiger partial charge on any atom is -0.507 e. The smallest absolute Gasteiger partial charge is 0.221 e. The number of halogens is 1. The summed E-state index contributed by atoms with van der Waals surface area (Å²) in [4.78, 5) is 23.0. The van der Waals surface area contributed by atoms with Crippen molar-refractivity contribution in [3.8, 4) is 5.75 Å². The summed E-state index contributed by atoms with van der Waals surface area (Å²) in [6.07, 6.45) is 2.82. The van der Waals surface area contributed by atoms with Crippen molar-refractivity contribution < 1.29 is 19.1 Å². The van der Waals surface area contributed by atoms with Crippen molar-refractivity contribution in [2.24, 2.45) is 0 Å². The van der Waals surface area contributed by atoms with Crippen molar-refractivity contribution in [2.45, 2.75) is 6.92 Å². The molecule has 0 heterocycles. The molecule has 0 bridgehead atoms. The van der Waals surface area contributed by atoms with Crippen LogP contribution in [0, 0.1) is 5.82 Å². The second-order valence-corrected chi connectivity index (χ2v) is 4.66. The number of nitrogens with one attached hydrogen (secondary N) is 1. The second kappa shape index (κ2) is 6.67. The van der Waals surface area contributed by atoms with E-state index < -0.39 is 5.78 Å². The number of hydrogen-bond donors (Lipinski definition) is 2. The molecule has 4 nitrogen and oxygen atoms in total. The first-order valence-electron chi connectivity index (χ1n) is 6.54. The minimum atomic E-state index is -0.392. The van der Waals surface area contributed by atoms with E-state index in [2.05, 4.69) is 5.32 Å². The Morgan fingerprint density at radius 3 is 2.41 bits per heavy atom. The molecule has 0 atom stereocenters.